The molecule has 3 aromatic rings. The minimum atomic E-state index is -1.21. The summed E-state index contributed by atoms with van der Waals surface area (Å²) in [6.07, 6.45) is 1.62. The first-order chi connectivity index (χ1) is 9.97. The van der Waals surface area contributed by atoms with Crippen LogP contribution in [0.2, 0.25) is 0 Å². The Morgan fingerprint density at radius 1 is 1.19 bits per heavy atom. The van der Waals surface area contributed by atoms with E-state index >= 15 is 0 Å². The summed E-state index contributed by atoms with van der Waals surface area (Å²) in [6, 6.07) is 9.85. The molecule has 1 aromatic heterocycles. The Kier molecular flexibility index (Phi) is 3.71. The Bertz CT molecular complexity index is 853. The van der Waals surface area contributed by atoms with E-state index in [9.17, 15) is 8.60 Å². The lowest BCUT2D eigenvalue weighted by atomic mass is 10.1. The van der Waals surface area contributed by atoms with Crippen molar-refractivity contribution in [3.05, 3.63) is 52.3 Å². The highest BCUT2D eigenvalue weighted by Crippen LogP contribution is 2.38. The lowest BCUT2D eigenvalue weighted by Gasteiger charge is -2.00. The van der Waals surface area contributed by atoms with Gasteiger partial charge in [-0.2, -0.15) is 0 Å². The molecule has 2 aromatic carbocycles. The fourth-order valence-electron chi connectivity index (χ4n) is 2.38. The Morgan fingerprint density at radius 2 is 1.86 bits per heavy atom. The van der Waals surface area contributed by atoms with E-state index in [1.165, 1.54) is 12.1 Å². The van der Waals surface area contributed by atoms with Crippen LogP contribution in [-0.4, -0.2) is 10.5 Å². The average molecular weight is 367 g/mol. The van der Waals surface area contributed by atoms with Crippen LogP contribution in [0.3, 0.4) is 0 Å². The van der Waals surface area contributed by atoms with Crippen LogP contribution in [0.4, 0.5) is 4.39 Å². The van der Waals surface area contributed by atoms with E-state index in [2.05, 4.69) is 15.9 Å². The standard InChI is InChI=1S/C16H12BrFO2S/c1-9-7-11(17)8-13-14(9)20-15(16(13)21(2)19)10-3-5-12(18)6-4-10/h3-8H,1-2H3. The van der Waals surface area contributed by atoms with E-state index in [1.54, 1.807) is 18.4 Å². The van der Waals surface area contributed by atoms with Gasteiger partial charge in [-0.05, 0) is 48.9 Å². The van der Waals surface area contributed by atoms with Crippen molar-refractivity contribution in [2.24, 2.45) is 0 Å². The summed E-state index contributed by atoms with van der Waals surface area (Å²) in [4.78, 5) is 0.640. The molecule has 108 valence electrons. The van der Waals surface area contributed by atoms with Crippen LogP contribution >= 0.6 is 15.9 Å². The molecule has 0 aliphatic rings. The van der Waals surface area contributed by atoms with Gasteiger partial charge in [0, 0.05) is 21.7 Å². The molecule has 2 nitrogen and oxygen atoms in total. The van der Waals surface area contributed by atoms with E-state index in [0.717, 1.165) is 15.4 Å². The second-order valence-corrected chi connectivity index (χ2v) is 7.05. The van der Waals surface area contributed by atoms with Crippen LogP contribution in [0.5, 0.6) is 0 Å². The summed E-state index contributed by atoms with van der Waals surface area (Å²) in [6.45, 7) is 1.94. The number of halogens is 2. The van der Waals surface area contributed by atoms with Crippen molar-refractivity contribution < 1.29 is 13.0 Å². The third-order valence-corrected chi connectivity index (χ3v) is 4.73. The van der Waals surface area contributed by atoms with Crippen molar-refractivity contribution in [2.45, 2.75) is 11.8 Å². The molecule has 1 heterocycles. The Balaban J connectivity index is 2.37. The van der Waals surface area contributed by atoms with Gasteiger partial charge in [0.05, 0.1) is 15.7 Å². The van der Waals surface area contributed by atoms with Gasteiger partial charge < -0.3 is 4.42 Å². The molecule has 0 fully saturated rings. The maximum absolute atomic E-state index is 13.1. The minimum Gasteiger partial charge on any atom is -0.454 e. The lowest BCUT2D eigenvalue weighted by molar-refractivity contribution is 0.616. The molecule has 0 aliphatic carbocycles. The van der Waals surface area contributed by atoms with Gasteiger partial charge in [-0.25, -0.2) is 4.39 Å². The summed E-state index contributed by atoms with van der Waals surface area (Å²) in [5.41, 5.74) is 2.38. The van der Waals surface area contributed by atoms with Crippen molar-refractivity contribution in [1.29, 1.82) is 0 Å². The zero-order valence-corrected chi connectivity index (χ0v) is 13.8. The molecule has 0 bridgehead atoms. The molecule has 0 N–H and O–H groups in total. The van der Waals surface area contributed by atoms with E-state index in [4.69, 9.17) is 4.42 Å². The monoisotopic (exact) mass is 366 g/mol. The fourth-order valence-corrected chi connectivity index (χ4v) is 3.84. The largest absolute Gasteiger partial charge is 0.454 e. The van der Waals surface area contributed by atoms with Gasteiger partial charge in [-0.15, -0.1) is 0 Å². The van der Waals surface area contributed by atoms with Crippen LogP contribution in [0.15, 0.2) is 50.2 Å². The molecule has 0 spiro atoms. The predicted molar refractivity (Wildman–Crippen MR) is 86.4 cm³/mol. The lowest BCUT2D eigenvalue weighted by Crippen LogP contribution is -1.89. The van der Waals surface area contributed by atoms with Crippen molar-refractivity contribution in [3.8, 4) is 11.3 Å². The number of fused-ring (bicyclic) bond motifs is 1. The van der Waals surface area contributed by atoms with Gasteiger partial charge in [0.25, 0.3) is 0 Å². The topological polar surface area (TPSA) is 30.2 Å². The second-order valence-electron chi connectivity index (χ2n) is 4.82. The van der Waals surface area contributed by atoms with Crippen LogP contribution in [0.25, 0.3) is 22.3 Å². The van der Waals surface area contributed by atoms with Crippen molar-refractivity contribution >= 4 is 37.7 Å². The highest BCUT2D eigenvalue weighted by atomic mass is 79.9. The van der Waals surface area contributed by atoms with E-state index < -0.39 is 10.8 Å². The summed E-state index contributed by atoms with van der Waals surface area (Å²) in [5, 5.41) is 0.821. The molecule has 0 saturated heterocycles. The van der Waals surface area contributed by atoms with E-state index in [-0.39, 0.29) is 5.82 Å². The Hall–Kier alpha value is -1.46. The minimum absolute atomic E-state index is 0.312. The molecule has 21 heavy (non-hydrogen) atoms. The zero-order chi connectivity index (χ0) is 15.1. The number of hydrogen-bond donors (Lipinski definition) is 0. The van der Waals surface area contributed by atoms with Gasteiger partial charge in [0.15, 0.2) is 5.76 Å². The normalized spacial score (nSPS) is 12.8. The quantitative estimate of drug-likeness (QED) is 0.635. The molecule has 0 amide bonds. The van der Waals surface area contributed by atoms with Crippen LogP contribution in [-0.2, 0) is 10.8 Å². The molecule has 0 saturated carbocycles. The molecular formula is C16H12BrFO2S. The van der Waals surface area contributed by atoms with Crippen molar-refractivity contribution in [1.82, 2.24) is 0 Å². The third kappa shape index (κ3) is 2.56. The smallest absolute Gasteiger partial charge is 0.151 e. The maximum atomic E-state index is 13.1. The highest BCUT2D eigenvalue weighted by Gasteiger charge is 2.20. The first kappa shape index (κ1) is 14.5. The number of furan rings is 1. The maximum Gasteiger partial charge on any atom is 0.151 e. The SMILES string of the molecule is Cc1cc(Br)cc2c(S(C)=O)c(-c3ccc(F)cc3)oc12. The molecule has 0 aliphatic heterocycles. The summed E-state index contributed by atoms with van der Waals surface area (Å²) >= 11 is 3.45. The van der Waals surface area contributed by atoms with Gasteiger partial charge >= 0.3 is 0 Å². The first-order valence-electron chi connectivity index (χ1n) is 6.29. The molecule has 3 rings (SSSR count). The van der Waals surface area contributed by atoms with E-state index in [1.807, 2.05) is 19.1 Å². The number of aryl methyl sites for hydroxylation is 1. The molecule has 0 radical (unpaired) electrons. The van der Waals surface area contributed by atoms with Crippen LogP contribution < -0.4 is 0 Å². The second kappa shape index (κ2) is 5.39. The fraction of sp³-hybridized carbons (Fsp3) is 0.125. The van der Waals surface area contributed by atoms with Crippen molar-refractivity contribution in [2.75, 3.05) is 6.26 Å². The van der Waals surface area contributed by atoms with Gasteiger partial charge in [0.2, 0.25) is 0 Å². The zero-order valence-electron chi connectivity index (χ0n) is 11.4. The Morgan fingerprint density at radius 3 is 2.48 bits per heavy atom. The van der Waals surface area contributed by atoms with E-state index in [0.29, 0.717) is 21.8 Å². The van der Waals surface area contributed by atoms with Gasteiger partial charge in [-0.3, -0.25) is 4.21 Å². The van der Waals surface area contributed by atoms with Crippen LogP contribution in [0.1, 0.15) is 5.56 Å². The molecule has 1 unspecified atom stereocenters. The predicted octanol–water partition coefficient (Wildman–Crippen LogP) is 5.05. The van der Waals surface area contributed by atoms with Crippen LogP contribution in [0, 0.1) is 12.7 Å². The molecular weight excluding hydrogens is 355 g/mol. The summed E-state index contributed by atoms with van der Waals surface area (Å²) in [5.74, 6) is 0.222. The summed E-state index contributed by atoms with van der Waals surface area (Å²) < 4.78 is 32.1. The van der Waals surface area contributed by atoms with Gasteiger partial charge in [-0.1, -0.05) is 15.9 Å². The Labute approximate surface area is 132 Å². The number of hydrogen-bond acceptors (Lipinski definition) is 2. The first-order valence-corrected chi connectivity index (χ1v) is 8.64. The number of benzene rings is 2. The molecule has 5 heteroatoms. The molecule has 1 atom stereocenters. The number of rotatable bonds is 2. The highest BCUT2D eigenvalue weighted by molar-refractivity contribution is 9.10. The van der Waals surface area contributed by atoms with Gasteiger partial charge in [0.1, 0.15) is 11.4 Å². The average Bonchev–Trinajstić information content (AvgIpc) is 2.79. The summed E-state index contributed by atoms with van der Waals surface area (Å²) in [7, 11) is -1.21. The van der Waals surface area contributed by atoms with Crippen molar-refractivity contribution in [3.63, 3.8) is 0 Å². The third-order valence-electron chi connectivity index (χ3n) is 3.29.